The highest BCUT2D eigenvalue weighted by Crippen LogP contribution is 2.17. The van der Waals surface area contributed by atoms with Gasteiger partial charge in [-0.15, -0.1) is 11.6 Å². The van der Waals surface area contributed by atoms with E-state index in [2.05, 4.69) is 4.72 Å². The third-order valence-electron chi connectivity index (χ3n) is 1.93. The molecule has 0 aliphatic carbocycles. The molecular formula is C10H14ClNO3S. The van der Waals surface area contributed by atoms with Crippen LogP contribution < -0.4 is 4.72 Å². The molecule has 4 nitrogen and oxygen atoms in total. The summed E-state index contributed by atoms with van der Waals surface area (Å²) in [6, 6.07) is 7.09. The van der Waals surface area contributed by atoms with E-state index in [1.807, 2.05) is 12.1 Å². The van der Waals surface area contributed by atoms with Crippen molar-refractivity contribution in [1.82, 2.24) is 0 Å². The summed E-state index contributed by atoms with van der Waals surface area (Å²) < 4.78 is 30.5. The normalized spacial score (nSPS) is 11.4. The number of hydrogen-bond donors (Lipinski definition) is 1. The minimum absolute atomic E-state index is 0.0712. The van der Waals surface area contributed by atoms with Gasteiger partial charge in [0.2, 0.25) is 10.0 Å². The summed E-state index contributed by atoms with van der Waals surface area (Å²) in [5.74, 6) is -0.0301. The fourth-order valence-corrected chi connectivity index (χ4v) is 2.67. The first-order valence-corrected chi connectivity index (χ1v) is 6.91. The molecule has 0 aromatic heterocycles. The Bertz CT molecular complexity index is 433. The molecule has 0 aliphatic rings. The van der Waals surface area contributed by atoms with Gasteiger partial charge in [0.15, 0.2) is 0 Å². The van der Waals surface area contributed by atoms with Crippen molar-refractivity contribution in [3.63, 3.8) is 0 Å². The Kier molecular flexibility index (Phi) is 5.05. The summed E-state index contributed by atoms with van der Waals surface area (Å²) in [4.78, 5) is 0. The van der Waals surface area contributed by atoms with E-state index < -0.39 is 10.0 Å². The molecule has 0 saturated carbocycles. The summed E-state index contributed by atoms with van der Waals surface area (Å²) >= 11 is 5.41. The molecule has 0 aliphatic heterocycles. The third-order valence-corrected chi connectivity index (χ3v) is 3.61. The van der Waals surface area contributed by atoms with Crippen molar-refractivity contribution in [3.8, 4) is 0 Å². The molecule has 0 atom stereocenters. The molecule has 1 rings (SSSR count). The number of hydrogen-bond acceptors (Lipinski definition) is 3. The van der Waals surface area contributed by atoms with Crippen LogP contribution in [0.5, 0.6) is 0 Å². The highest BCUT2D eigenvalue weighted by atomic mass is 35.5. The molecule has 0 unspecified atom stereocenters. The van der Waals surface area contributed by atoms with Gasteiger partial charge in [-0.2, -0.15) is 0 Å². The molecule has 0 spiro atoms. The zero-order valence-corrected chi connectivity index (χ0v) is 10.5. The van der Waals surface area contributed by atoms with Crippen molar-refractivity contribution in [2.24, 2.45) is 0 Å². The second-order valence-corrected chi connectivity index (χ2v) is 5.42. The van der Waals surface area contributed by atoms with Crippen LogP contribution in [0.15, 0.2) is 24.3 Å². The number of anilines is 1. The number of halogens is 1. The van der Waals surface area contributed by atoms with Crippen LogP contribution in [0.4, 0.5) is 5.69 Å². The van der Waals surface area contributed by atoms with E-state index in [1.165, 1.54) is 0 Å². The first kappa shape index (κ1) is 13.3. The molecular weight excluding hydrogens is 250 g/mol. The SMILES string of the molecule is COCc1ccccc1NS(=O)(=O)CCCl. The van der Waals surface area contributed by atoms with Gasteiger partial charge in [-0.3, -0.25) is 4.72 Å². The number of nitrogens with one attached hydrogen (secondary N) is 1. The summed E-state index contributed by atoms with van der Waals surface area (Å²) in [5, 5.41) is 0. The van der Waals surface area contributed by atoms with E-state index in [-0.39, 0.29) is 11.6 Å². The summed E-state index contributed by atoms with van der Waals surface area (Å²) in [6.07, 6.45) is 0. The van der Waals surface area contributed by atoms with Gasteiger partial charge in [0.1, 0.15) is 0 Å². The number of methoxy groups -OCH3 is 1. The van der Waals surface area contributed by atoms with E-state index in [0.717, 1.165) is 5.56 Å². The van der Waals surface area contributed by atoms with Gasteiger partial charge in [0, 0.05) is 18.6 Å². The lowest BCUT2D eigenvalue weighted by atomic mass is 10.2. The van der Waals surface area contributed by atoms with Gasteiger partial charge in [0.25, 0.3) is 0 Å². The molecule has 0 amide bonds. The van der Waals surface area contributed by atoms with Gasteiger partial charge >= 0.3 is 0 Å². The number of alkyl halides is 1. The van der Waals surface area contributed by atoms with E-state index >= 15 is 0 Å². The van der Waals surface area contributed by atoms with E-state index in [9.17, 15) is 8.42 Å². The van der Waals surface area contributed by atoms with Gasteiger partial charge in [-0.25, -0.2) is 8.42 Å². The summed E-state index contributed by atoms with van der Waals surface area (Å²) in [7, 11) is -1.80. The lowest BCUT2D eigenvalue weighted by Gasteiger charge is -2.11. The smallest absolute Gasteiger partial charge is 0.233 e. The standard InChI is InChI=1S/C10H14ClNO3S/c1-15-8-9-4-2-3-5-10(9)12-16(13,14)7-6-11/h2-5,12H,6-8H2,1H3. The minimum atomic E-state index is -3.36. The Labute approximate surface area is 101 Å². The van der Waals surface area contributed by atoms with Gasteiger partial charge < -0.3 is 4.74 Å². The van der Waals surface area contributed by atoms with E-state index in [4.69, 9.17) is 16.3 Å². The first-order chi connectivity index (χ1) is 7.59. The third kappa shape index (κ3) is 4.00. The van der Waals surface area contributed by atoms with Crippen LogP contribution in [-0.2, 0) is 21.4 Å². The first-order valence-electron chi connectivity index (χ1n) is 4.72. The number of benzene rings is 1. The quantitative estimate of drug-likeness (QED) is 0.797. The Morgan fingerprint density at radius 1 is 1.38 bits per heavy atom. The molecule has 1 aromatic rings. The van der Waals surface area contributed by atoms with Crippen LogP contribution in [0.25, 0.3) is 0 Å². The average molecular weight is 264 g/mol. The molecule has 0 radical (unpaired) electrons. The minimum Gasteiger partial charge on any atom is -0.380 e. The van der Waals surface area contributed by atoms with Crippen molar-refractivity contribution in [1.29, 1.82) is 0 Å². The lowest BCUT2D eigenvalue weighted by molar-refractivity contribution is 0.185. The Morgan fingerprint density at radius 2 is 2.06 bits per heavy atom. The molecule has 6 heteroatoms. The fourth-order valence-electron chi connectivity index (χ4n) is 1.22. The molecule has 0 saturated heterocycles. The van der Waals surface area contributed by atoms with Crippen LogP contribution in [-0.4, -0.2) is 27.2 Å². The number of sulfonamides is 1. The zero-order valence-electron chi connectivity index (χ0n) is 8.94. The fraction of sp³-hybridized carbons (Fsp3) is 0.400. The maximum absolute atomic E-state index is 11.5. The molecule has 90 valence electrons. The maximum Gasteiger partial charge on any atom is 0.233 e. The number of rotatable bonds is 6. The van der Waals surface area contributed by atoms with E-state index in [0.29, 0.717) is 12.3 Å². The van der Waals surface area contributed by atoms with Crippen molar-refractivity contribution < 1.29 is 13.2 Å². The van der Waals surface area contributed by atoms with Crippen molar-refractivity contribution in [2.45, 2.75) is 6.61 Å². The average Bonchev–Trinajstić information content (AvgIpc) is 2.20. The second-order valence-electron chi connectivity index (χ2n) is 3.20. The molecule has 0 heterocycles. The van der Waals surface area contributed by atoms with Crippen molar-refractivity contribution in [3.05, 3.63) is 29.8 Å². The Morgan fingerprint density at radius 3 is 2.69 bits per heavy atom. The summed E-state index contributed by atoms with van der Waals surface area (Å²) in [6.45, 7) is 0.361. The molecule has 0 bridgehead atoms. The topological polar surface area (TPSA) is 55.4 Å². The molecule has 1 N–H and O–H groups in total. The molecule has 16 heavy (non-hydrogen) atoms. The van der Waals surface area contributed by atoms with Gasteiger partial charge in [-0.1, -0.05) is 18.2 Å². The predicted octanol–water partition coefficient (Wildman–Crippen LogP) is 1.81. The second kappa shape index (κ2) is 6.08. The zero-order chi connectivity index (χ0) is 12.0. The molecule has 0 fully saturated rings. The number of para-hydroxylation sites is 1. The summed E-state index contributed by atoms with van der Waals surface area (Å²) in [5.41, 5.74) is 1.33. The van der Waals surface area contributed by atoms with Gasteiger partial charge in [0.05, 0.1) is 18.0 Å². The predicted molar refractivity (Wildman–Crippen MR) is 65.3 cm³/mol. The monoisotopic (exact) mass is 263 g/mol. The molecule has 1 aromatic carbocycles. The van der Waals surface area contributed by atoms with Crippen LogP contribution in [0.3, 0.4) is 0 Å². The van der Waals surface area contributed by atoms with Crippen LogP contribution in [0.2, 0.25) is 0 Å². The lowest BCUT2D eigenvalue weighted by Crippen LogP contribution is -2.18. The Balaban J connectivity index is 2.88. The maximum atomic E-state index is 11.5. The Hall–Kier alpha value is -0.780. The number of ether oxygens (including phenoxy) is 1. The van der Waals surface area contributed by atoms with Crippen molar-refractivity contribution >= 4 is 27.3 Å². The van der Waals surface area contributed by atoms with Gasteiger partial charge in [-0.05, 0) is 6.07 Å². The highest BCUT2D eigenvalue weighted by molar-refractivity contribution is 7.92. The highest BCUT2D eigenvalue weighted by Gasteiger charge is 2.11. The van der Waals surface area contributed by atoms with Crippen LogP contribution in [0, 0.1) is 0 Å². The largest absolute Gasteiger partial charge is 0.380 e. The van der Waals surface area contributed by atoms with Crippen LogP contribution >= 0.6 is 11.6 Å². The van der Waals surface area contributed by atoms with Crippen LogP contribution in [0.1, 0.15) is 5.56 Å². The van der Waals surface area contributed by atoms with E-state index in [1.54, 1.807) is 19.2 Å². The van der Waals surface area contributed by atoms with Crippen molar-refractivity contribution in [2.75, 3.05) is 23.5 Å².